The third-order valence-corrected chi connectivity index (χ3v) is 2.76. The molecule has 1 heterocycles. The Morgan fingerprint density at radius 3 is 1.93 bits per heavy atom. The van der Waals surface area contributed by atoms with Gasteiger partial charge in [0, 0.05) is 16.0 Å². The number of rotatable bonds is 2. The van der Waals surface area contributed by atoms with Crippen molar-refractivity contribution in [3.05, 3.63) is 63.5 Å². The first-order valence-corrected chi connectivity index (χ1v) is 5.76. The number of aromatic nitrogens is 1. The lowest BCUT2D eigenvalue weighted by atomic mass is 10.2. The second kappa shape index (κ2) is 5.07. The van der Waals surface area contributed by atoms with Crippen LogP contribution in [0, 0.1) is 3.57 Å². The van der Waals surface area contributed by atoms with Crippen LogP contribution in [0.25, 0.3) is 12.2 Å². The normalized spacial score (nSPS) is 10.7. The monoisotopic (exact) mass is 307 g/mol. The lowest BCUT2D eigenvalue weighted by Gasteiger charge is -1.94. The zero-order valence-electron chi connectivity index (χ0n) is 8.10. The van der Waals surface area contributed by atoms with Crippen LogP contribution < -0.4 is 0 Å². The molecule has 0 aliphatic rings. The summed E-state index contributed by atoms with van der Waals surface area (Å²) in [5.74, 6) is 0. The molecule has 0 fully saturated rings. The van der Waals surface area contributed by atoms with Crippen LogP contribution >= 0.6 is 22.6 Å². The summed E-state index contributed by atoms with van der Waals surface area (Å²) in [5, 5.41) is 0. The molecule has 0 saturated heterocycles. The first-order chi connectivity index (χ1) is 7.34. The number of pyridine rings is 1. The first kappa shape index (κ1) is 10.4. The van der Waals surface area contributed by atoms with Crippen LogP contribution in [0.3, 0.4) is 0 Å². The van der Waals surface area contributed by atoms with Crippen molar-refractivity contribution in [2.45, 2.75) is 0 Å². The van der Waals surface area contributed by atoms with Gasteiger partial charge in [0.15, 0.2) is 0 Å². The number of benzene rings is 1. The van der Waals surface area contributed by atoms with Gasteiger partial charge in [0.1, 0.15) is 0 Å². The van der Waals surface area contributed by atoms with E-state index < -0.39 is 0 Å². The van der Waals surface area contributed by atoms with E-state index in [4.69, 9.17) is 0 Å². The number of nitrogens with zero attached hydrogens (tertiary/aromatic N) is 1. The topological polar surface area (TPSA) is 12.9 Å². The number of hydrogen-bond donors (Lipinski definition) is 0. The summed E-state index contributed by atoms with van der Waals surface area (Å²) < 4.78 is 1.26. The van der Waals surface area contributed by atoms with Crippen molar-refractivity contribution in [3.63, 3.8) is 0 Å². The van der Waals surface area contributed by atoms with Gasteiger partial charge in [0.2, 0.25) is 0 Å². The molecule has 0 unspecified atom stereocenters. The van der Waals surface area contributed by atoms with E-state index >= 15 is 0 Å². The van der Waals surface area contributed by atoms with E-state index in [1.54, 1.807) is 12.4 Å². The Labute approximate surface area is 103 Å². The molecule has 74 valence electrons. The Balaban J connectivity index is 2.15. The van der Waals surface area contributed by atoms with Crippen LogP contribution in [0.4, 0.5) is 0 Å². The van der Waals surface area contributed by atoms with Gasteiger partial charge in [-0.1, -0.05) is 24.3 Å². The highest BCUT2D eigenvalue weighted by atomic mass is 127. The first-order valence-electron chi connectivity index (χ1n) is 4.68. The molecule has 0 aliphatic carbocycles. The van der Waals surface area contributed by atoms with Gasteiger partial charge < -0.3 is 0 Å². The van der Waals surface area contributed by atoms with E-state index in [-0.39, 0.29) is 0 Å². The predicted molar refractivity (Wildman–Crippen MR) is 72.3 cm³/mol. The fourth-order valence-electron chi connectivity index (χ4n) is 1.24. The fraction of sp³-hybridized carbons (Fsp3) is 0. The fourth-order valence-corrected chi connectivity index (χ4v) is 1.60. The molecule has 0 bridgehead atoms. The smallest absolute Gasteiger partial charge is 0.0273 e. The number of hydrogen-bond acceptors (Lipinski definition) is 1. The van der Waals surface area contributed by atoms with Crippen molar-refractivity contribution in [1.82, 2.24) is 4.98 Å². The van der Waals surface area contributed by atoms with Gasteiger partial charge in [-0.2, -0.15) is 0 Å². The lowest BCUT2D eigenvalue weighted by molar-refractivity contribution is 1.32. The number of halogens is 1. The van der Waals surface area contributed by atoms with E-state index in [1.807, 2.05) is 12.1 Å². The summed E-state index contributed by atoms with van der Waals surface area (Å²) in [7, 11) is 0. The van der Waals surface area contributed by atoms with Crippen LogP contribution in [0.15, 0.2) is 48.8 Å². The largest absolute Gasteiger partial charge is 0.265 e. The lowest BCUT2D eigenvalue weighted by Crippen LogP contribution is -1.74. The minimum absolute atomic E-state index is 1.17. The zero-order valence-corrected chi connectivity index (χ0v) is 10.3. The Morgan fingerprint density at radius 2 is 1.33 bits per heavy atom. The summed E-state index contributed by atoms with van der Waals surface area (Å²) in [6, 6.07) is 12.4. The molecule has 0 aliphatic heterocycles. The molecule has 2 aromatic rings. The Morgan fingerprint density at radius 1 is 0.800 bits per heavy atom. The second-order valence-electron chi connectivity index (χ2n) is 3.17. The molecule has 1 aromatic carbocycles. The van der Waals surface area contributed by atoms with Gasteiger partial charge in [-0.15, -0.1) is 0 Å². The maximum atomic E-state index is 3.98. The third kappa shape index (κ3) is 3.16. The molecular weight excluding hydrogens is 297 g/mol. The van der Waals surface area contributed by atoms with Crippen molar-refractivity contribution in [2.24, 2.45) is 0 Å². The van der Waals surface area contributed by atoms with Gasteiger partial charge in [-0.05, 0) is 58.0 Å². The van der Waals surface area contributed by atoms with Crippen molar-refractivity contribution >= 4 is 34.7 Å². The summed E-state index contributed by atoms with van der Waals surface area (Å²) in [5.41, 5.74) is 2.38. The van der Waals surface area contributed by atoms with E-state index in [0.717, 1.165) is 0 Å². The molecule has 0 saturated carbocycles. The minimum atomic E-state index is 1.17. The molecule has 0 spiro atoms. The highest BCUT2D eigenvalue weighted by molar-refractivity contribution is 14.1. The third-order valence-electron chi connectivity index (χ3n) is 2.04. The predicted octanol–water partition coefficient (Wildman–Crippen LogP) is 3.86. The maximum absolute atomic E-state index is 3.98. The van der Waals surface area contributed by atoms with Crippen molar-refractivity contribution in [1.29, 1.82) is 0 Å². The summed E-state index contributed by atoms with van der Waals surface area (Å²) in [6.45, 7) is 0. The standard InChI is InChI=1S/C13H10IN/c14-13-5-3-11(4-6-13)1-2-12-7-9-15-10-8-12/h1-10H/b2-1+. The van der Waals surface area contributed by atoms with Gasteiger partial charge >= 0.3 is 0 Å². The molecule has 15 heavy (non-hydrogen) atoms. The highest BCUT2D eigenvalue weighted by Gasteiger charge is 1.88. The molecule has 2 heteroatoms. The van der Waals surface area contributed by atoms with Crippen molar-refractivity contribution < 1.29 is 0 Å². The van der Waals surface area contributed by atoms with Crippen LogP contribution in [-0.2, 0) is 0 Å². The highest BCUT2D eigenvalue weighted by Crippen LogP contribution is 2.10. The van der Waals surface area contributed by atoms with E-state index in [9.17, 15) is 0 Å². The quantitative estimate of drug-likeness (QED) is 0.768. The Kier molecular flexibility index (Phi) is 3.50. The molecule has 0 N–H and O–H groups in total. The van der Waals surface area contributed by atoms with Gasteiger partial charge in [0.05, 0.1) is 0 Å². The molecule has 0 amide bonds. The average molecular weight is 307 g/mol. The molecule has 1 nitrogen and oxygen atoms in total. The van der Waals surface area contributed by atoms with Crippen LogP contribution in [-0.4, -0.2) is 4.98 Å². The Hall–Kier alpha value is -1.16. The molecule has 2 rings (SSSR count). The van der Waals surface area contributed by atoms with Gasteiger partial charge in [-0.3, -0.25) is 4.98 Å². The van der Waals surface area contributed by atoms with E-state index in [1.165, 1.54) is 14.7 Å². The van der Waals surface area contributed by atoms with Crippen LogP contribution in [0.1, 0.15) is 11.1 Å². The van der Waals surface area contributed by atoms with Crippen LogP contribution in [0.2, 0.25) is 0 Å². The summed E-state index contributed by atoms with van der Waals surface area (Å²) in [4.78, 5) is 3.98. The average Bonchev–Trinajstić information content (AvgIpc) is 2.30. The zero-order chi connectivity index (χ0) is 10.5. The molecule has 1 aromatic heterocycles. The van der Waals surface area contributed by atoms with Crippen molar-refractivity contribution in [3.8, 4) is 0 Å². The van der Waals surface area contributed by atoms with E-state index in [0.29, 0.717) is 0 Å². The SMILES string of the molecule is Ic1ccc(/C=C/c2ccncc2)cc1. The summed E-state index contributed by atoms with van der Waals surface area (Å²) >= 11 is 2.30. The second-order valence-corrected chi connectivity index (χ2v) is 4.41. The maximum Gasteiger partial charge on any atom is 0.0273 e. The van der Waals surface area contributed by atoms with E-state index in [2.05, 4.69) is 64.0 Å². The molecule has 0 radical (unpaired) electrons. The summed E-state index contributed by atoms with van der Waals surface area (Å²) in [6.07, 6.45) is 7.79. The molecule has 0 atom stereocenters. The van der Waals surface area contributed by atoms with Gasteiger partial charge in [0.25, 0.3) is 0 Å². The van der Waals surface area contributed by atoms with Crippen LogP contribution in [0.5, 0.6) is 0 Å². The molecular formula is C13H10IN. The van der Waals surface area contributed by atoms with Crippen molar-refractivity contribution in [2.75, 3.05) is 0 Å². The minimum Gasteiger partial charge on any atom is -0.265 e. The Bertz CT molecular complexity index is 446. The van der Waals surface area contributed by atoms with Gasteiger partial charge in [-0.25, -0.2) is 0 Å².